The van der Waals surface area contributed by atoms with Gasteiger partial charge >= 0.3 is 11.9 Å². The number of unbranched alkanes of at least 4 members (excludes halogenated alkanes) is 9. The maximum atomic E-state index is 12.0. The van der Waals surface area contributed by atoms with Gasteiger partial charge in [0.15, 0.2) is 5.75 Å². The van der Waals surface area contributed by atoms with Crippen LogP contribution >= 0.6 is 34.8 Å². The van der Waals surface area contributed by atoms with E-state index in [4.69, 9.17) is 44.3 Å². The smallest absolute Gasteiger partial charge is 0.311 e. The molecule has 0 radical (unpaired) electrons. The second kappa shape index (κ2) is 16.7. The van der Waals surface area contributed by atoms with Crippen molar-refractivity contribution in [2.45, 2.75) is 90.4 Å². The Kier molecular flexibility index (Phi) is 15.1. The summed E-state index contributed by atoms with van der Waals surface area (Å²) in [6.45, 7) is 2.73. The van der Waals surface area contributed by atoms with Crippen molar-refractivity contribution >= 4 is 46.7 Å². The van der Waals surface area contributed by atoms with E-state index in [1.807, 2.05) is 0 Å². The molecule has 0 bridgehead atoms. The van der Waals surface area contributed by atoms with Crippen LogP contribution in [0.4, 0.5) is 0 Å². The fourth-order valence-electron chi connectivity index (χ4n) is 2.98. The normalized spacial score (nSPS) is 10.8. The molecule has 0 aliphatic heterocycles. The lowest BCUT2D eigenvalue weighted by atomic mass is 10.1. The molecule has 0 amide bonds. The molecule has 1 rings (SSSR count). The molecule has 0 aromatic heterocycles. The first-order valence-electron chi connectivity index (χ1n) is 11.0. The average Bonchev–Trinajstić information content (AvgIpc) is 2.72. The lowest BCUT2D eigenvalue weighted by molar-refractivity contribution is -0.144. The Labute approximate surface area is 195 Å². The maximum Gasteiger partial charge on any atom is 0.311 e. The zero-order valence-electron chi connectivity index (χ0n) is 17.8. The van der Waals surface area contributed by atoms with Crippen molar-refractivity contribution in [3.05, 3.63) is 27.2 Å². The van der Waals surface area contributed by atoms with Crippen LogP contribution in [0.3, 0.4) is 0 Å². The molecular formula is C23H33Cl3O4. The van der Waals surface area contributed by atoms with Crippen LogP contribution in [0.1, 0.15) is 90.4 Å². The molecule has 0 saturated carbocycles. The molecule has 0 unspecified atom stereocenters. The number of carbonyl (C=O) groups is 2. The summed E-state index contributed by atoms with van der Waals surface area (Å²) in [4.78, 5) is 23.6. The molecule has 0 saturated heterocycles. The summed E-state index contributed by atoms with van der Waals surface area (Å²) in [5.41, 5.74) is 0. The number of hydrogen-bond acceptors (Lipinski definition) is 4. The Balaban J connectivity index is 2.00. The van der Waals surface area contributed by atoms with E-state index < -0.39 is 0 Å². The summed E-state index contributed by atoms with van der Waals surface area (Å²) in [5.74, 6) is -0.353. The van der Waals surface area contributed by atoms with Gasteiger partial charge in [0.2, 0.25) is 0 Å². The second-order valence-corrected chi connectivity index (χ2v) is 8.59. The summed E-state index contributed by atoms with van der Waals surface area (Å²) < 4.78 is 10.5. The lowest BCUT2D eigenvalue weighted by Crippen LogP contribution is -2.08. The molecule has 0 heterocycles. The molecule has 1 aromatic carbocycles. The van der Waals surface area contributed by atoms with Crippen LogP contribution in [0.15, 0.2) is 12.1 Å². The van der Waals surface area contributed by atoms with Crippen molar-refractivity contribution in [2.24, 2.45) is 0 Å². The van der Waals surface area contributed by atoms with Gasteiger partial charge in [-0.15, -0.1) is 0 Å². The molecule has 30 heavy (non-hydrogen) atoms. The minimum Gasteiger partial charge on any atom is -0.466 e. The standard InChI is InChI=1S/C23H33Cl3O4/c1-2-3-4-9-12-17-29-20(27)13-10-7-5-6-8-11-14-21(28)30-23-19(25)16-15-18(24)22(23)26/h15-16H,2-14,17H2,1H3. The third-order valence-corrected chi connectivity index (χ3v) is 5.83. The van der Waals surface area contributed by atoms with Gasteiger partial charge in [0.25, 0.3) is 0 Å². The summed E-state index contributed by atoms with van der Waals surface area (Å²) >= 11 is 17.9. The topological polar surface area (TPSA) is 52.6 Å². The molecule has 4 nitrogen and oxygen atoms in total. The van der Waals surface area contributed by atoms with E-state index in [0.29, 0.717) is 24.5 Å². The fourth-order valence-corrected chi connectivity index (χ4v) is 3.57. The van der Waals surface area contributed by atoms with Gasteiger partial charge in [0, 0.05) is 12.8 Å². The molecule has 1 aromatic rings. The highest BCUT2D eigenvalue weighted by atomic mass is 35.5. The van der Waals surface area contributed by atoms with Gasteiger partial charge in [-0.05, 0) is 31.4 Å². The summed E-state index contributed by atoms with van der Waals surface area (Å²) in [6, 6.07) is 3.10. The molecular weight excluding hydrogens is 447 g/mol. The quantitative estimate of drug-likeness (QED) is 0.104. The zero-order valence-corrected chi connectivity index (χ0v) is 20.1. The van der Waals surface area contributed by atoms with Crippen molar-refractivity contribution in [2.75, 3.05) is 6.61 Å². The van der Waals surface area contributed by atoms with E-state index in [2.05, 4.69) is 6.92 Å². The van der Waals surface area contributed by atoms with Crippen molar-refractivity contribution in [1.82, 2.24) is 0 Å². The van der Waals surface area contributed by atoms with E-state index in [1.54, 1.807) is 12.1 Å². The molecule has 7 heteroatoms. The minimum atomic E-state index is -0.376. The number of esters is 2. The molecule has 0 aliphatic rings. The predicted molar refractivity (Wildman–Crippen MR) is 124 cm³/mol. The number of benzene rings is 1. The third-order valence-electron chi connectivity index (χ3n) is 4.74. The first-order valence-corrected chi connectivity index (χ1v) is 12.1. The Hall–Kier alpha value is -0.970. The van der Waals surface area contributed by atoms with Gasteiger partial charge in [-0.3, -0.25) is 9.59 Å². The summed E-state index contributed by atoms with van der Waals surface area (Å²) in [5, 5.41) is 0.694. The van der Waals surface area contributed by atoms with Crippen LogP contribution in [-0.4, -0.2) is 18.5 Å². The van der Waals surface area contributed by atoms with Gasteiger partial charge in [0.05, 0.1) is 16.7 Å². The van der Waals surface area contributed by atoms with Crippen LogP contribution in [0.2, 0.25) is 15.1 Å². The summed E-state index contributed by atoms with van der Waals surface area (Å²) in [6.07, 6.45) is 12.1. The number of halogens is 3. The molecule has 170 valence electrons. The Morgan fingerprint density at radius 2 is 1.27 bits per heavy atom. The van der Waals surface area contributed by atoms with Crippen LogP contribution in [-0.2, 0) is 14.3 Å². The minimum absolute atomic E-state index is 0.0911. The first kappa shape index (κ1) is 27.1. The van der Waals surface area contributed by atoms with Gasteiger partial charge < -0.3 is 9.47 Å². The van der Waals surface area contributed by atoms with E-state index >= 15 is 0 Å². The zero-order chi connectivity index (χ0) is 22.2. The molecule has 0 N–H and O–H groups in total. The third kappa shape index (κ3) is 12.0. The largest absolute Gasteiger partial charge is 0.466 e. The second-order valence-electron chi connectivity index (χ2n) is 7.40. The summed E-state index contributed by atoms with van der Waals surface area (Å²) in [7, 11) is 0. The van der Waals surface area contributed by atoms with E-state index in [-0.39, 0.29) is 27.7 Å². The highest BCUT2D eigenvalue weighted by Crippen LogP contribution is 2.38. The van der Waals surface area contributed by atoms with Crippen LogP contribution in [0.25, 0.3) is 0 Å². The molecule has 0 fully saturated rings. The van der Waals surface area contributed by atoms with Crippen molar-refractivity contribution in [3.8, 4) is 5.75 Å². The van der Waals surface area contributed by atoms with Gasteiger partial charge in [-0.1, -0.05) is 93.1 Å². The number of hydrogen-bond donors (Lipinski definition) is 0. The Bertz CT molecular complexity index is 650. The van der Waals surface area contributed by atoms with Gasteiger partial charge in [0.1, 0.15) is 5.02 Å². The van der Waals surface area contributed by atoms with Gasteiger partial charge in [-0.2, -0.15) is 0 Å². The van der Waals surface area contributed by atoms with Crippen molar-refractivity contribution < 1.29 is 19.1 Å². The Morgan fingerprint density at radius 1 is 0.733 bits per heavy atom. The highest BCUT2D eigenvalue weighted by Gasteiger charge is 2.14. The molecule has 0 atom stereocenters. The number of rotatable bonds is 16. The average molecular weight is 480 g/mol. The van der Waals surface area contributed by atoms with Crippen LogP contribution in [0.5, 0.6) is 5.75 Å². The van der Waals surface area contributed by atoms with Crippen LogP contribution in [0, 0.1) is 0 Å². The van der Waals surface area contributed by atoms with Crippen LogP contribution < -0.4 is 4.74 Å². The molecule has 0 spiro atoms. The van der Waals surface area contributed by atoms with Crippen molar-refractivity contribution in [1.29, 1.82) is 0 Å². The van der Waals surface area contributed by atoms with Gasteiger partial charge in [-0.25, -0.2) is 0 Å². The monoisotopic (exact) mass is 478 g/mol. The van der Waals surface area contributed by atoms with Crippen molar-refractivity contribution in [3.63, 3.8) is 0 Å². The number of carbonyl (C=O) groups excluding carboxylic acids is 2. The lowest BCUT2D eigenvalue weighted by Gasteiger charge is -2.09. The SMILES string of the molecule is CCCCCCCOC(=O)CCCCCCCCC(=O)Oc1c(Cl)ccc(Cl)c1Cl. The highest BCUT2D eigenvalue weighted by molar-refractivity contribution is 6.44. The fraction of sp³-hybridized carbons (Fsp3) is 0.652. The maximum absolute atomic E-state index is 12.0. The first-order chi connectivity index (χ1) is 14.5. The van der Waals surface area contributed by atoms with E-state index in [0.717, 1.165) is 51.4 Å². The number of ether oxygens (including phenoxy) is 2. The van der Waals surface area contributed by atoms with E-state index in [9.17, 15) is 9.59 Å². The molecule has 0 aliphatic carbocycles. The Morgan fingerprint density at radius 3 is 1.93 bits per heavy atom. The predicted octanol–water partition coefficient (Wildman–Crippen LogP) is 8.19. The van der Waals surface area contributed by atoms with E-state index in [1.165, 1.54) is 19.3 Å².